The van der Waals surface area contributed by atoms with Crippen molar-refractivity contribution in [2.24, 2.45) is 10.9 Å². The van der Waals surface area contributed by atoms with E-state index in [4.69, 9.17) is 0 Å². The van der Waals surface area contributed by atoms with E-state index in [1.165, 1.54) is 49.8 Å². The smallest absolute Gasteiger partial charge is 0.306 e. The summed E-state index contributed by atoms with van der Waals surface area (Å²) >= 11 is 0. The zero-order valence-electron chi connectivity index (χ0n) is 11.7. The number of aliphatic carboxylic acids is 1. The van der Waals surface area contributed by atoms with Gasteiger partial charge in [-0.2, -0.15) is 0 Å². The summed E-state index contributed by atoms with van der Waals surface area (Å²) in [5, 5.41) is 9.31. The van der Waals surface area contributed by atoms with Gasteiger partial charge >= 0.3 is 5.97 Å². The average Bonchev–Trinajstić information content (AvgIpc) is 2.82. The minimum absolute atomic E-state index is 0.205. The first-order chi connectivity index (χ1) is 9.25. The molecule has 0 aromatic heterocycles. The van der Waals surface area contributed by atoms with Crippen molar-refractivity contribution in [1.82, 2.24) is 0 Å². The van der Waals surface area contributed by atoms with Crippen LogP contribution in [0.3, 0.4) is 0 Å². The number of aliphatic imine (C=N–C) groups is 1. The van der Waals surface area contributed by atoms with E-state index < -0.39 is 5.97 Å². The molecule has 3 nitrogen and oxygen atoms in total. The van der Waals surface area contributed by atoms with Crippen molar-refractivity contribution in [2.75, 3.05) is 0 Å². The molecule has 0 amide bonds. The Morgan fingerprint density at radius 2 is 1.79 bits per heavy atom. The van der Waals surface area contributed by atoms with Crippen LogP contribution in [0.15, 0.2) is 16.8 Å². The molecule has 1 aliphatic heterocycles. The van der Waals surface area contributed by atoms with Crippen molar-refractivity contribution < 1.29 is 9.90 Å². The predicted octanol–water partition coefficient (Wildman–Crippen LogP) is 4.33. The number of hydrogen-bond acceptors (Lipinski definition) is 2. The van der Waals surface area contributed by atoms with Crippen LogP contribution in [0.2, 0.25) is 0 Å². The molecule has 1 atom stereocenters. The van der Waals surface area contributed by atoms with Gasteiger partial charge in [-0.3, -0.25) is 9.79 Å². The zero-order valence-corrected chi connectivity index (χ0v) is 11.7. The largest absolute Gasteiger partial charge is 0.481 e. The van der Waals surface area contributed by atoms with E-state index in [0.717, 1.165) is 25.7 Å². The molecule has 1 heterocycles. The first-order valence-corrected chi connectivity index (χ1v) is 7.72. The van der Waals surface area contributed by atoms with Gasteiger partial charge in [0.05, 0.1) is 5.92 Å². The van der Waals surface area contributed by atoms with Gasteiger partial charge in [-0.05, 0) is 31.3 Å². The molecule has 1 unspecified atom stereocenters. The average molecular weight is 263 g/mol. The molecule has 1 N–H and O–H groups in total. The highest BCUT2D eigenvalue weighted by atomic mass is 16.4. The highest BCUT2D eigenvalue weighted by Gasteiger charge is 2.21. The summed E-state index contributed by atoms with van der Waals surface area (Å²) in [6.45, 7) is 0. The number of carboxylic acid groups (broad SMARTS) is 1. The molecular formula is C16H25NO2. The molecule has 2 bridgehead atoms. The molecule has 1 fully saturated rings. The van der Waals surface area contributed by atoms with Crippen LogP contribution in [-0.4, -0.2) is 16.8 Å². The van der Waals surface area contributed by atoms with Gasteiger partial charge in [0.25, 0.3) is 0 Å². The number of carbonyl (C=O) groups is 1. The molecule has 0 spiro atoms. The van der Waals surface area contributed by atoms with Crippen LogP contribution in [0.4, 0.5) is 0 Å². The molecule has 1 aliphatic carbocycles. The van der Waals surface area contributed by atoms with Crippen molar-refractivity contribution in [3.05, 3.63) is 11.8 Å². The van der Waals surface area contributed by atoms with Crippen LogP contribution < -0.4 is 0 Å². The first kappa shape index (κ1) is 14.3. The minimum Gasteiger partial charge on any atom is -0.481 e. The summed E-state index contributed by atoms with van der Waals surface area (Å²) < 4.78 is 0. The maximum absolute atomic E-state index is 11.3. The van der Waals surface area contributed by atoms with Crippen LogP contribution in [0.1, 0.15) is 70.6 Å². The van der Waals surface area contributed by atoms with Gasteiger partial charge in [0.15, 0.2) is 0 Å². The van der Waals surface area contributed by atoms with Crippen molar-refractivity contribution >= 4 is 11.7 Å². The van der Waals surface area contributed by atoms with Crippen molar-refractivity contribution in [2.45, 2.75) is 70.6 Å². The van der Waals surface area contributed by atoms with Gasteiger partial charge in [0.2, 0.25) is 0 Å². The Morgan fingerprint density at radius 3 is 2.53 bits per heavy atom. The van der Waals surface area contributed by atoms with Crippen LogP contribution >= 0.6 is 0 Å². The molecule has 0 aromatic carbocycles. The fourth-order valence-electron chi connectivity index (χ4n) is 3.05. The van der Waals surface area contributed by atoms with Gasteiger partial charge < -0.3 is 5.11 Å². The van der Waals surface area contributed by atoms with E-state index in [1.54, 1.807) is 0 Å². The molecule has 3 heteroatoms. The highest BCUT2D eigenvalue weighted by molar-refractivity contribution is 5.89. The van der Waals surface area contributed by atoms with E-state index >= 15 is 0 Å². The Hall–Kier alpha value is -1.12. The van der Waals surface area contributed by atoms with Crippen molar-refractivity contribution in [3.8, 4) is 0 Å². The lowest BCUT2D eigenvalue weighted by atomic mass is 9.91. The molecule has 0 aromatic rings. The monoisotopic (exact) mass is 263 g/mol. The van der Waals surface area contributed by atoms with E-state index in [1.807, 2.05) is 6.20 Å². The molecular weight excluding hydrogens is 238 g/mol. The second kappa shape index (κ2) is 7.46. The minimum atomic E-state index is -0.638. The number of nitrogens with zero attached hydrogens (tertiary/aromatic N) is 1. The molecule has 106 valence electrons. The van der Waals surface area contributed by atoms with Gasteiger partial charge in [-0.25, -0.2) is 0 Å². The lowest BCUT2D eigenvalue weighted by Crippen LogP contribution is -2.15. The van der Waals surface area contributed by atoms with Crippen LogP contribution in [0.5, 0.6) is 0 Å². The number of rotatable bonds is 1. The Labute approximate surface area is 115 Å². The number of carboxylic acids is 1. The second-order valence-corrected chi connectivity index (χ2v) is 5.91. The lowest BCUT2D eigenvalue weighted by Gasteiger charge is -2.13. The number of hydrogen-bond donors (Lipinski definition) is 1. The second-order valence-electron chi connectivity index (χ2n) is 5.91. The van der Waals surface area contributed by atoms with E-state index in [-0.39, 0.29) is 5.92 Å². The Morgan fingerprint density at radius 1 is 1.11 bits per heavy atom. The molecule has 2 aliphatic rings. The van der Waals surface area contributed by atoms with Gasteiger partial charge in [0, 0.05) is 18.3 Å². The van der Waals surface area contributed by atoms with Crippen LogP contribution in [-0.2, 0) is 4.79 Å². The molecule has 19 heavy (non-hydrogen) atoms. The first-order valence-electron chi connectivity index (χ1n) is 7.72. The third kappa shape index (κ3) is 4.81. The fourth-order valence-corrected chi connectivity index (χ4v) is 3.05. The van der Waals surface area contributed by atoms with Crippen molar-refractivity contribution in [3.63, 3.8) is 0 Å². The maximum Gasteiger partial charge on any atom is 0.306 e. The predicted molar refractivity (Wildman–Crippen MR) is 77.4 cm³/mol. The number of allylic oxidation sites excluding steroid dienone is 1. The molecule has 2 rings (SSSR count). The SMILES string of the molecule is O=C(O)C1CCCCCCCCCC2=NC=C(C2)C1. The summed E-state index contributed by atoms with van der Waals surface area (Å²) in [6.07, 6.45) is 14.1. The summed E-state index contributed by atoms with van der Waals surface area (Å²) in [5.41, 5.74) is 2.48. The third-order valence-electron chi connectivity index (χ3n) is 4.24. The van der Waals surface area contributed by atoms with E-state index in [2.05, 4.69) is 4.99 Å². The van der Waals surface area contributed by atoms with Crippen LogP contribution in [0, 0.1) is 5.92 Å². The quantitative estimate of drug-likeness (QED) is 0.765. The van der Waals surface area contributed by atoms with E-state index in [0.29, 0.717) is 6.42 Å². The summed E-state index contributed by atoms with van der Waals surface area (Å²) in [6, 6.07) is 0. The number of fused-ring (bicyclic) bond motifs is 2. The van der Waals surface area contributed by atoms with Gasteiger partial charge in [0.1, 0.15) is 0 Å². The highest BCUT2D eigenvalue weighted by Crippen LogP contribution is 2.26. The van der Waals surface area contributed by atoms with E-state index in [9.17, 15) is 9.90 Å². The van der Waals surface area contributed by atoms with Crippen molar-refractivity contribution in [1.29, 1.82) is 0 Å². The topological polar surface area (TPSA) is 49.7 Å². The van der Waals surface area contributed by atoms with Gasteiger partial charge in [-0.15, -0.1) is 0 Å². The maximum atomic E-state index is 11.3. The molecule has 0 saturated heterocycles. The fraction of sp³-hybridized carbons (Fsp3) is 0.750. The normalized spacial score (nSPS) is 26.2. The standard InChI is InChI=1S/C16H25NO2/c18-16(19)14-8-6-4-2-1-3-5-7-9-15-11-13(10-14)12-17-15/h12,14H,1-11H2,(H,18,19). The zero-order chi connectivity index (χ0) is 13.5. The summed E-state index contributed by atoms with van der Waals surface area (Å²) in [5.74, 6) is -0.842. The Balaban J connectivity index is 1.91. The van der Waals surface area contributed by atoms with Gasteiger partial charge in [-0.1, -0.05) is 38.5 Å². The molecule has 1 saturated carbocycles. The Kier molecular flexibility index (Phi) is 5.62. The Bertz CT molecular complexity index is 371. The summed E-state index contributed by atoms with van der Waals surface area (Å²) in [4.78, 5) is 15.8. The summed E-state index contributed by atoms with van der Waals surface area (Å²) in [7, 11) is 0. The molecule has 0 radical (unpaired) electrons. The lowest BCUT2D eigenvalue weighted by molar-refractivity contribution is -0.142. The van der Waals surface area contributed by atoms with Crippen LogP contribution in [0.25, 0.3) is 0 Å². The third-order valence-corrected chi connectivity index (χ3v) is 4.24.